The van der Waals surface area contributed by atoms with E-state index in [0.29, 0.717) is 17.4 Å². The molecule has 0 spiro atoms. The Morgan fingerprint density at radius 3 is 1.00 bits per heavy atom. The minimum atomic E-state index is -4.70. The third-order valence-electron chi connectivity index (χ3n) is 17.0. The molecule has 0 aromatic heterocycles. The van der Waals surface area contributed by atoms with Crippen LogP contribution >= 0.6 is 7.82 Å². The van der Waals surface area contributed by atoms with E-state index in [9.17, 15) is 19.0 Å². The van der Waals surface area contributed by atoms with E-state index >= 15 is 0 Å². The van der Waals surface area contributed by atoms with Crippen molar-refractivity contribution in [3.63, 3.8) is 0 Å². The Kier molecular flexibility index (Phi) is 63.8. The number of amides is 1. The van der Waals surface area contributed by atoms with Crippen LogP contribution in [0.1, 0.15) is 380 Å². The van der Waals surface area contributed by atoms with Crippen molar-refractivity contribution < 1.29 is 37.3 Å². The number of hydrogen-bond acceptors (Lipinski definition) is 7. The molecule has 0 saturated carbocycles. The average Bonchev–Trinajstić information content (AvgIpc) is 3.64. The van der Waals surface area contributed by atoms with Crippen LogP contribution in [0.5, 0.6) is 0 Å². The Labute approximate surface area is 529 Å². The molecule has 9 nitrogen and oxygen atoms in total. The van der Waals surface area contributed by atoms with Gasteiger partial charge in [0.1, 0.15) is 19.3 Å². The lowest BCUT2D eigenvalue weighted by Gasteiger charge is -2.30. The summed E-state index contributed by atoms with van der Waals surface area (Å²) >= 11 is 0. The van der Waals surface area contributed by atoms with E-state index < -0.39 is 20.0 Å². The van der Waals surface area contributed by atoms with Gasteiger partial charge >= 0.3 is 5.97 Å². The fraction of sp³-hybridized carbons (Fsp3) is 0.893. The summed E-state index contributed by atoms with van der Waals surface area (Å²) in [4.78, 5) is 40.3. The van der Waals surface area contributed by atoms with E-state index in [2.05, 4.69) is 50.4 Å². The maximum Gasteiger partial charge on any atom is 0.306 e. The number of unbranched alkanes of at least 4 members (excludes halogenated alkanes) is 49. The molecule has 0 aromatic rings. The highest BCUT2D eigenvalue weighted by atomic mass is 31.2. The summed E-state index contributed by atoms with van der Waals surface area (Å²) in [5, 5.41) is 3.06. The summed E-state index contributed by atoms with van der Waals surface area (Å²) in [6.45, 7) is 6.90. The zero-order chi connectivity index (χ0) is 62.1. The normalized spacial score (nSPS) is 13.6. The molecule has 10 heteroatoms. The predicted octanol–water partition coefficient (Wildman–Crippen LogP) is 23.2. The molecule has 85 heavy (non-hydrogen) atoms. The van der Waals surface area contributed by atoms with Crippen LogP contribution in [0.25, 0.3) is 0 Å². The molecule has 0 rings (SSSR count). The summed E-state index contributed by atoms with van der Waals surface area (Å²) in [5.74, 6) is -0.520. The summed E-state index contributed by atoms with van der Waals surface area (Å²) in [7, 11) is 1.20. The van der Waals surface area contributed by atoms with Crippen LogP contribution in [0.2, 0.25) is 0 Å². The van der Waals surface area contributed by atoms with Crippen LogP contribution in [0.4, 0.5) is 0 Å². The van der Waals surface area contributed by atoms with Crippen molar-refractivity contribution in [2.45, 2.75) is 392 Å². The van der Waals surface area contributed by atoms with E-state index in [1.54, 1.807) is 0 Å². The van der Waals surface area contributed by atoms with E-state index in [1.165, 1.54) is 289 Å². The molecule has 0 aromatic carbocycles. The number of quaternary nitrogens is 1. The highest BCUT2D eigenvalue weighted by Gasteiger charge is 2.27. The van der Waals surface area contributed by atoms with Gasteiger partial charge in [0.2, 0.25) is 5.91 Å². The van der Waals surface area contributed by atoms with Crippen molar-refractivity contribution in [1.82, 2.24) is 5.32 Å². The number of likely N-dealkylation sites (N-methyl/N-ethyl adjacent to an activating group) is 1. The van der Waals surface area contributed by atoms with Crippen molar-refractivity contribution in [2.75, 3.05) is 40.9 Å². The van der Waals surface area contributed by atoms with Crippen LogP contribution < -0.4 is 10.2 Å². The van der Waals surface area contributed by atoms with Gasteiger partial charge in [0.05, 0.1) is 33.8 Å². The number of nitrogens with one attached hydrogen (secondary N) is 1. The summed E-state index contributed by atoms with van der Waals surface area (Å²) < 4.78 is 30.5. The molecule has 0 radical (unpaired) electrons. The molecule has 0 bridgehead atoms. The quantitative estimate of drug-likeness (QED) is 0.0212. The Hall–Kier alpha value is -1.77. The van der Waals surface area contributed by atoms with Crippen molar-refractivity contribution in [2.24, 2.45) is 0 Å². The van der Waals surface area contributed by atoms with E-state index in [4.69, 9.17) is 13.8 Å². The van der Waals surface area contributed by atoms with Crippen molar-refractivity contribution in [3.05, 3.63) is 36.5 Å². The first-order valence-corrected chi connectivity index (χ1v) is 38.8. The molecular formula is C75H145N2O7P. The number of allylic oxidation sites excluding steroid dienone is 5. The maximum atomic E-state index is 13.6. The number of phosphoric acid groups is 1. The first-order valence-electron chi connectivity index (χ1n) is 37.3. The van der Waals surface area contributed by atoms with E-state index in [-0.39, 0.29) is 31.5 Å². The van der Waals surface area contributed by atoms with Crippen molar-refractivity contribution >= 4 is 19.7 Å². The molecule has 1 amide bonds. The Balaban J connectivity index is 5.02. The van der Waals surface area contributed by atoms with Crippen LogP contribution in [-0.2, 0) is 27.9 Å². The molecule has 502 valence electrons. The Bertz CT molecular complexity index is 1550. The molecule has 3 unspecified atom stereocenters. The van der Waals surface area contributed by atoms with Crippen LogP contribution in [0.3, 0.4) is 0 Å². The van der Waals surface area contributed by atoms with E-state index in [1.807, 2.05) is 33.3 Å². The van der Waals surface area contributed by atoms with Gasteiger partial charge < -0.3 is 28.5 Å². The number of ether oxygens (including phenoxy) is 1. The fourth-order valence-corrected chi connectivity index (χ4v) is 12.0. The minimum absolute atomic E-state index is 0.0194. The lowest BCUT2D eigenvalue weighted by molar-refractivity contribution is -0.870. The van der Waals surface area contributed by atoms with Gasteiger partial charge in [-0.2, -0.15) is 0 Å². The lowest BCUT2D eigenvalue weighted by atomic mass is 10.0. The van der Waals surface area contributed by atoms with Crippen molar-refractivity contribution in [1.29, 1.82) is 0 Å². The van der Waals surface area contributed by atoms with Gasteiger partial charge in [-0.3, -0.25) is 14.2 Å². The SMILES string of the molecule is CCCCCCCC/C=C/CCCCCCCCCCCCCCCCCC(=O)NC(COP(=O)([O-])OCC[N+](C)(C)C)C(/C=C\CCCCCCCCCCCCC)OC(=O)CCCCCCCCCCCCC/C=C/CCCCCCCC. The molecule has 1 N–H and O–H groups in total. The highest BCUT2D eigenvalue weighted by Crippen LogP contribution is 2.38. The molecule has 0 aliphatic carbocycles. The van der Waals surface area contributed by atoms with Crippen LogP contribution in [-0.4, -0.2) is 69.4 Å². The lowest BCUT2D eigenvalue weighted by Crippen LogP contribution is -2.47. The predicted molar refractivity (Wildman–Crippen MR) is 367 cm³/mol. The standard InChI is InChI=1S/C75H145N2O7P/c1-7-10-13-16-19-22-25-28-30-32-34-36-37-38-39-41-42-44-46-49-52-55-58-61-64-67-74(78)76-72(71-83-85(80,81)82-70-69-77(4,5)6)73(66-63-60-57-54-51-48-27-24-21-18-15-12-9-3)84-75(79)68-65-62-59-56-53-50-47-45-43-40-35-33-31-29-26-23-20-17-14-11-8-2/h28-31,63,66,72-73H,7-27,32-62,64-65,67-71H2,1-6H3,(H-,76,78,80,81)/b30-28+,31-29+,66-63-. The van der Waals surface area contributed by atoms with Gasteiger partial charge in [-0.25, -0.2) is 0 Å². The number of hydrogen-bond donors (Lipinski definition) is 1. The van der Waals surface area contributed by atoms with Gasteiger partial charge in [-0.1, -0.05) is 321 Å². The zero-order valence-corrected chi connectivity index (χ0v) is 58.5. The summed E-state index contributed by atoms with van der Waals surface area (Å²) in [6.07, 6.45) is 81.3. The number of carbonyl (C=O) groups excluding carboxylic acids is 2. The topological polar surface area (TPSA) is 114 Å². The second-order valence-electron chi connectivity index (χ2n) is 26.8. The fourth-order valence-electron chi connectivity index (χ4n) is 11.3. The second kappa shape index (κ2) is 65.2. The third-order valence-corrected chi connectivity index (χ3v) is 18.0. The molecule has 0 fully saturated rings. The molecule has 0 aliphatic rings. The maximum absolute atomic E-state index is 13.6. The summed E-state index contributed by atoms with van der Waals surface area (Å²) in [6, 6.07) is -0.886. The average molecular weight is 1220 g/mol. The molecule has 0 saturated heterocycles. The summed E-state index contributed by atoms with van der Waals surface area (Å²) in [5.41, 5.74) is 0. The monoisotopic (exact) mass is 1220 g/mol. The Morgan fingerprint density at radius 2 is 0.682 bits per heavy atom. The van der Waals surface area contributed by atoms with Crippen LogP contribution in [0.15, 0.2) is 36.5 Å². The zero-order valence-electron chi connectivity index (χ0n) is 57.6. The Morgan fingerprint density at radius 1 is 0.400 bits per heavy atom. The second-order valence-corrected chi connectivity index (χ2v) is 28.2. The number of nitrogens with zero attached hydrogens (tertiary/aromatic N) is 1. The van der Waals surface area contributed by atoms with Crippen LogP contribution in [0, 0.1) is 0 Å². The van der Waals surface area contributed by atoms with Gasteiger partial charge in [0.15, 0.2) is 0 Å². The number of phosphoric ester groups is 1. The highest BCUT2D eigenvalue weighted by molar-refractivity contribution is 7.45. The minimum Gasteiger partial charge on any atom is -0.756 e. The smallest absolute Gasteiger partial charge is 0.306 e. The number of carbonyl (C=O) groups is 2. The van der Waals surface area contributed by atoms with Gasteiger partial charge in [0, 0.05) is 12.8 Å². The third kappa shape index (κ3) is 66.5. The molecule has 0 heterocycles. The van der Waals surface area contributed by atoms with Gasteiger partial charge in [0.25, 0.3) is 7.82 Å². The number of esters is 1. The van der Waals surface area contributed by atoms with Gasteiger partial charge in [-0.05, 0) is 83.1 Å². The molecule has 3 atom stereocenters. The van der Waals surface area contributed by atoms with E-state index in [0.717, 1.165) is 57.8 Å². The first-order chi connectivity index (χ1) is 41.4. The first kappa shape index (κ1) is 83.2. The molecule has 0 aliphatic heterocycles. The number of rotatable bonds is 69. The van der Waals surface area contributed by atoms with Crippen molar-refractivity contribution in [3.8, 4) is 0 Å². The molecular weight excluding hydrogens is 1070 g/mol. The van der Waals surface area contributed by atoms with Gasteiger partial charge in [-0.15, -0.1) is 0 Å². The largest absolute Gasteiger partial charge is 0.756 e.